The molecule has 1 aliphatic rings. The van der Waals surface area contributed by atoms with E-state index in [4.69, 9.17) is 21.1 Å². The number of rotatable bonds is 13. The van der Waals surface area contributed by atoms with Gasteiger partial charge in [0.15, 0.2) is 21.6 Å². The molecule has 1 amide bonds. The van der Waals surface area contributed by atoms with E-state index in [1.54, 1.807) is 35.7 Å². The Labute approximate surface area is 261 Å². The number of unbranched alkanes of at least 4 members (excludes halogenated alkanes) is 2. The summed E-state index contributed by atoms with van der Waals surface area (Å²) in [5.74, 6) is -0.103. The molecule has 2 aromatic carbocycles. The van der Waals surface area contributed by atoms with Crippen LogP contribution >= 0.6 is 46.0 Å². The first kappa shape index (κ1) is 30.1. The molecule has 4 aromatic rings. The summed E-state index contributed by atoms with van der Waals surface area (Å²) in [6, 6.07) is 15.3. The molecule has 0 saturated carbocycles. The number of amides is 1. The molecule has 42 heavy (non-hydrogen) atoms. The Morgan fingerprint density at radius 2 is 1.93 bits per heavy atom. The quantitative estimate of drug-likeness (QED) is 0.0680. The van der Waals surface area contributed by atoms with Crippen LogP contribution in [0.2, 0.25) is 5.02 Å². The molecule has 0 spiro atoms. The van der Waals surface area contributed by atoms with Crippen molar-refractivity contribution in [1.29, 1.82) is 0 Å². The van der Waals surface area contributed by atoms with E-state index in [-0.39, 0.29) is 10.7 Å². The van der Waals surface area contributed by atoms with Gasteiger partial charge in [-0.25, -0.2) is 0 Å². The number of Topliss-reactive ketones (excluding diaryl/α,β-unsaturated/α-hetero) is 1. The summed E-state index contributed by atoms with van der Waals surface area (Å²) in [5.41, 5.74) is 1.60. The van der Waals surface area contributed by atoms with E-state index in [1.807, 2.05) is 24.3 Å². The van der Waals surface area contributed by atoms with Gasteiger partial charge in [-0.05, 0) is 53.3 Å². The number of thioether (sulfide) groups is 1. The lowest BCUT2D eigenvalue weighted by Crippen LogP contribution is -2.31. The van der Waals surface area contributed by atoms with Crippen LogP contribution in [0.1, 0.15) is 53.0 Å². The number of aliphatic hydroxyl groups excluding tert-OH is 1. The highest BCUT2D eigenvalue weighted by Crippen LogP contribution is 2.45. The van der Waals surface area contributed by atoms with Crippen molar-refractivity contribution in [3.05, 3.63) is 92.3 Å². The number of benzene rings is 2. The maximum absolute atomic E-state index is 13.6. The van der Waals surface area contributed by atoms with Gasteiger partial charge in [-0.2, -0.15) is 0 Å². The molecule has 1 aliphatic heterocycles. The van der Waals surface area contributed by atoms with Gasteiger partial charge in [-0.1, -0.05) is 78.7 Å². The summed E-state index contributed by atoms with van der Waals surface area (Å²) in [6.45, 7) is 2.67. The first-order valence-electron chi connectivity index (χ1n) is 13.3. The van der Waals surface area contributed by atoms with E-state index < -0.39 is 23.5 Å². The van der Waals surface area contributed by atoms with E-state index in [1.165, 1.54) is 46.4 Å². The fraction of sp³-hybridized carbons (Fsp3) is 0.267. The summed E-state index contributed by atoms with van der Waals surface area (Å²) < 4.78 is 12.2. The van der Waals surface area contributed by atoms with Crippen molar-refractivity contribution in [3.63, 3.8) is 0 Å². The third-order valence-corrected chi connectivity index (χ3v) is 9.83. The van der Waals surface area contributed by atoms with E-state index in [2.05, 4.69) is 17.1 Å². The molecule has 3 heterocycles. The van der Waals surface area contributed by atoms with Crippen molar-refractivity contribution in [1.82, 2.24) is 10.2 Å². The molecular formula is C30H28ClN3O5S3. The Morgan fingerprint density at radius 3 is 2.64 bits per heavy atom. The molecular weight excluding hydrogens is 614 g/mol. The Kier molecular flexibility index (Phi) is 9.84. The van der Waals surface area contributed by atoms with Crippen LogP contribution in [0.4, 0.5) is 5.13 Å². The lowest BCUT2D eigenvalue weighted by molar-refractivity contribution is -0.117. The van der Waals surface area contributed by atoms with Gasteiger partial charge in [0.1, 0.15) is 0 Å². The number of methoxy groups -OCH3 is 1. The van der Waals surface area contributed by atoms with E-state index >= 15 is 0 Å². The van der Waals surface area contributed by atoms with E-state index in [0.29, 0.717) is 43.7 Å². The van der Waals surface area contributed by atoms with Gasteiger partial charge in [0, 0.05) is 10.8 Å². The highest BCUT2D eigenvalue weighted by atomic mass is 35.5. The van der Waals surface area contributed by atoms with Crippen molar-refractivity contribution in [2.24, 2.45) is 0 Å². The maximum atomic E-state index is 13.6. The number of thiophene rings is 1. The molecule has 8 nitrogen and oxygen atoms in total. The summed E-state index contributed by atoms with van der Waals surface area (Å²) in [5, 5.41) is 22.3. The van der Waals surface area contributed by atoms with Gasteiger partial charge in [-0.15, -0.1) is 21.5 Å². The number of ether oxygens (including phenoxy) is 2. The molecule has 0 aliphatic carbocycles. The van der Waals surface area contributed by atoms with Crippen molar-refractivity contribution < 1.29 is 24.2 Å². The Morgan fingerprint density at radius 1 is 1.12 bits per heavy atom. The zero-order chi connectivity index (χ0) is 29.6. The van der Waals surface area contributed by atoms with Crippen LogP contribution in [0.5, 0.6) is 11.5 Å². The van der Waals surface area contributed by atoms with Crippen LogP contribution in [-0.4, -0.2) is 40.7 Å². The van der Waals surface area contributed by atoms with Gasteiger partial charge in [0.05, 0.1) is 30.2 Å². The number of carbonyl (C=O) groups excluding carboxylic acids is 2. The molecule has 12 heteroatoms. The molecule has 1 N–H and O–H groups in total. The minimum atomic E-state index is -0.947. The third-order valence-electron chi connectivity index (χ3n) is 6.58. The Bertz CT molecular complexity index is 1590. The molecule has 1 atom stereocenters. The zero-order valence-corrected chi connectivity index (χ0v) is 26.1. The van der Waals surface area contributed by atoms with Crippen LogP contribution in [0.25, 0.3) is 0 Å². The summed E-state index contributed by atoms with van der Waals surface area (Å²) >= 11 is 9.92. The maximum Gasteiger partial charge on any atom is 0.296 e. The molecule has 2 aromatic heterocycles. The number of halogens is 1. The van der Waals surface area contributed by atoms with Crippen molar-refractivity contribution >= 4 is 62.9 Å². The molecule has 5 rings (SSSR count). The second-order valence-electron chi connectivity index (χ2n) is 9.38. The van der Waals surface area contributed by atoms with E-state index in [0.717, 1.165) is 24.8 Å². The van der Waals surface area contributed by atoms with Gasteiger partial charge in [0.25, 0.3) is 5.91 Å². The average molecular weight is 642 g/mol. The third kappa shape index (κ3) is 6.49. The number of aliphatic hydroxyl groups is 1. The topological polar surface area (TPSA) is 102 Å². The number of hydrogen-bond donors (Lipinski definition) is 1. The number of nitrogens with zero attached hydrogens (tertiary/aromatic N) is 3. The van der Waals surface area contributed by atoms with Gasteiger partial charge >= 0.3 is 0 Å². The largest absolute Gasteiger partial charge is 0.503 e. The number of carbonyl (C=O) groups is 2. The zero-order valence-electron chi connectivity index (χ0n) is 22.9. The lowest BCUT2D eigenvalue weighted by Gasteiger charge is -2.24. The van der Waals surface area contributed by atoms with Crippen molar-refractivity contribution in [2.75, 3.05) is 18.6 Å². The van der Waals surface area contributed by atoms with Crippen LogP contribution in [0, 0.1) is 0 Å². The second kappa shape index (κ2) is 13.7. The second-order valence-corrected chi connectivity index (χ2v) is 12.9. The standard InChI is InChI=1S/C30H28ClN3O5S3/c1-3-4-5-14-39-21-13-10-19(16-22(21)38-2)25-24(26(35)23-7-6-15-40-23)27(36)28(37)34(25)29-32-33-30(42-29)41-17-18-8-11-20(31)12-9-18/h6-13,15-16,25,36H,3-5,14,17H2,1-2H3. The smallest absolute Gasteiger partial charge is 0.296 e. The molecule has 0 saturated heterocycles. The number of anilines is 1. The first-order valence-corrected chi connectivity index (χ1v) is 16.3. The first-order chi connectivity index (χ1) is 20.4. The minimum Gasteiger partial charge on any atom is -0.503 e. The Hall–Kier alpha value is -3.38. The SMILES string of the molecule is CCCCCOc1ccc(C2C(C(=O)c3cccs3)=C(O)C(=O)N2c2nnc(SCc3ccc(Cl)cc3)s2)cc1OC. The van der Waals surface area contributed by atoms with Crippen LogP contribution in [0.15, 0.2) is 75.6 Å². The average Bonchev–Trinajstić information content (AvgIpc) is 3.76. The molecule has 1 unspecified atom stereocenters. The van der Waals surface area contributed by atoms with Gasteiger partial charge in [-0.3, -0.25) is 14.5 Å². The number of aromatic nitrogens is 2. The van der Waals surface area contributed by atoms with Crippen molar-refractivity contribution in [3.8, 4) is 11.5 Å². The molecule has 0 bridgehead atoms. The normalized spacial score (nSPS) is 15.0. The molecule has 0 radical (unpaired) electrons. The molecule has 218 valence electrons. The fourth-order valence-electron chi connectivity index (χ4n) is 4.48. The van der Waals surface area contributed by atoms with Gasteiger partial charge < -0.3 is 14.6 Å². The summed E-state index contributed by atoms with van der Waals surface area (Å²) in [7, 11) is 1.54. The van der Waals surface area contributed by atoms with Gasteiger partial charge in [0.2, 0.25) is 10.9 Å². The molecule has 0 fully saturated rings. The monoisotopic (exact) mass is 641 g/mol. The van der Waals surface area contributed by atoms with Crippen LogP contribution in [0.3, 0.4) is 0 Å². The highest BCUT2D eigenvalue weighted by Gasteiger charge is 2.46. The predicted octanol–water partition coefficient (Wildman–Crippen LogP) is 7.91. The Balaban J connectivity index is 1.48. The number of ketones is 1. The summed E-state index contributed by atoms with van der Waals surface area (Å²) in [6.07, 6.45) is 3.05. The van der Waals surface area contributed by atoms with E-state index in [9.17, 15) is 14.7 Å². The van der Waals surface area contributed by atoms with Crippen molar-refractivity contribution in [2.45, 2.75) is 42.3 Å². The van der Waals surface area contributed by atoms with Crippen LogP contribution < -0.4 is 14.4 Å². The predicted molar refractivity (Wildman–Crippen MR) is 167 cm³/mol. The fourth-order valence-corrected chi connectivity index (χ4v) is 7.11. The lowest BCUT2D eigenvalue weighted by atomic mass is 9.95. The number of hydrogen-bond acceptors (Lipinski definition) is 10. The van der Waals surface area contributed by atoms with Crippen LogP contribution in [-0.2, 0) is 10.5 Å². The summed E-state index contributed by atoms with van der Waals surface area (Å²) in [4.78, 5) is 28.9. The minimum absolute atomic E-state index is 0.0216. The highest BCUT2D eigenvalue weighted by molar-refractivity contribution is 8.00.